The van der Waals surface area contributed by atoms with E-state index in [2.05, 4.69) is 30.3 Å². The van der Waals surface area contributed by atoms with E-state index in [-0.39, 0.29) is 11.9 Å². The zero-order valence-corrected chi connectivity index (χ0v) is 14.7. The van der Waals surface area contributed by atoms with Crippen LogP contribution in [0.15, 0.2) is 17.7 Å². The lowest BCUT2D eigenvalue weighted by atomic mass is 9.80. The molecule has 0 bridgehead atoms. The minimum Gasteiger partial charge on any atom is -0.305 e. The first-order chi connectivity index (χ1) is 11.0. The van der Waals surface area contributed by atoms with Crippen LogP contribution in [0.3, 0.4) is 0 Å². The molecule has 1 aromatic heterocycles. The van der Waals surface area contributed by atoms with E-state index in [1.165, 1.54) is 18.4 Å². The van der Waals surface area contributed by atoms with Gasteiger partial charge in [-0.25, -0.2) is 0 Å². The van der Waals surface area contributed by atoms with Gasteiger partial charge in [-0.3, -0.25) is 14.4 Å². The van der Waals surface area contributed by atoms with Crippen molar-refractivity contribution in [3.63, 3.8) is 0 Å². The molecule has 1 aromatic rings. The van der Waals surface area contributed by atoms with Gasteiger partial charge in [0, 0.05) is 26.2 Å². The fourth-order valence-corrected chi connectivity index (χ4v) is 3.95. The van der Waals surface area contributed by atoms with Crippen LogP contribution < -0.4 is 10.2 Å². The number of anilines is 1. The summed E-state index contributed by atoms with van der Waals surface area (Å²) in [7, 11) is 1.90. The average molecular weight is 316 g/mol. The number of carbonyl (C=O) groups excluding carboxylic acids is 1. The Morgan fingerprint density at radius 3 is 2.78 bits per heavy atom. The van der Waals surface area contributed by atoms with Crippen LogP contribution in [0.2, 0.25) is 0 Å². The second-order valence-corrected chi connectivity index (χ2v) is 7.12. The molecule has 126 valence electrons. The Morgan fingerprint density at radius 1 is 1.35 bits per heavy atom. The van der Waals surface area contributed by atoms with Crippen molar-refractivity contribution in [1.82, 2.24) is 15.1 Å². The Bertz CT molecular complexity index is 619. The minimum absolute atomic E-state index is 0.0628. The van der Waals surface area contributed by atoms with Crippen LogP contribution in [0.4, 0.5) is 5.82 Å². The zero-order valence-electron chi connectivity index (χ0n) is 14.7. The molecule has 0 radical (unpaired) electrons. The van der Waals surface area contributed by atoms with Gasteiger partial charge in [0.25, 0.3) is 0 Å². The highest BCUT2D eigenvalue weighted by Gasteiger charge is 2.34. The molecule has 3 atom stereocenters. The predicted octanol–water partition coefficient (Wildman–Crippen LogP) is 2.42. The number of hydrogen-bond donors (Lipinski definition) is 1. The molecule has 3 rings (SSSR count). The number of carbonyl (C=O) groups is 1. The molecular weight excluding hydrogens is 288 g/mol. The summed E-state index contributed by atoms with van der Waals surface area (Å²) in [6.07, 6.45) is 5.67. The van der Waals surface area contributed by atoms with E-state index in [1.54, 1.807) is 4.68 Å². The van der Waals surface area contributed by atoms with Gasteiger partial charge in [-0.15, -0.1) is 0 Å². The Hall–Kier alpha value is -1.62. The molecule has 0 saturated carbocycles. The highest BCUT2D eigenvalue weighted by atomic mass is 16.2. The third-order valence-electron chi connectivity index (χ3n) is 5.40. The van der Waals surface area contributed by atoms with E-state index in [1.807, 2.05) is 24.9 Å². The Labute approximate surface area is 138 Å². The van der Waals surface area contributed by atoms with Crippen molar-refractivity contribution in [2.24, 2.45) is 18.9 Å². The highest BCUT2D eigenvalue weighted by Crippen LogP contribution is 2.30. The lowest BCUT2D eigenvalue weighted by Crippen LogP contribution is -2.42. The molecule has 1 amide bonds. The summed E-state index contributed by atoms with van der Waals surface area (Å²) in [4.78, 5) is 14.6. The van der Waals surface area contributed by atoms with Gasteiger partial charge >= 0.3 is 0 Å². The largest absolute Gasteiger partial charge is 0.305 e. The Balaban J connectivity index is 1.62. The molecule has 0 spiro atoms. The van der Waals surface area contributed by atoms with Gasteiger partial charge in [-0.1, -0.05) is 18.6 Å². The van der Waals surface area contributed by atoms with Crippen LogP contribution in [0.25, 0.3) is 0 Å². The van der Waals surface area contributed by atoms with Gasteiger partial charge in [-0.2, -0.15) is 5.10 Å². The van der Waals surface area contributed by atoms with Crippen molar-refractivity contribution in [3.05, 3.63) is 23.4 Å². The van der Waals surface area contributed by atoms with Crippen LogP contribution in [0, 0.1) is 18.8 Å². The molecule has 23 heavy (non-hydrogen) atoms. The van der Waals surface area contributed by atoms with Gasteiger partial charge in [0.2, 0.25) is 5.91 Å². The molecule has 2 aliphatic rings. The van der Waals surface area contributed by atoms with Gasteiger partial charge in [0.05, 0.1) is 11.7 Å². The lowest BCUT2D eigenvalue weighted by Gasteiger charge is -2.30. The molecule has 5 heteroatoms. The number of rotatable bonds is 4. The molecule has 1 saturated heterocycles. The first-order valence-electron chi connectivity index (χ1n) is 8.69. The normalized spacial score (nSPS) is 28.3. The van der Waals surface area contributed by atoms with E-state index in [0.717, 1.165) is 31.0 Å². The predicted molar refractivity (Wildman–Crippen MR) is 92.4 cm³/mol. The first-order valence-corrected chi connectivity index (χ1v) is 8.69. The van der Waals surface area contributed by atoms with Gasteiger partial charge < -0.3 is 5.32 Å². The molecule has 0 aromatic carbocycles. The number of allylic oxidation sites excluding steroid dienone is 1. The Kier molecular flexibility index (Phi) is 4.57. The van der Waals surface area contributed by atoms with Crippen LogP contribution >= 0.6 is 0 Å². The molecule has 5 nitrogen and oxygen atoms in total. The van der Waals surface area contributed by atoms with Crippen LogP contribution in [-0.2, 0) is 11.8 Å². The molecule has 1 fully saturated rings. The van der Waals surface area contributed by atoms with E-state index in [4.69, 9.17) is 0 Å². The number of aromatic nitrogens is 2. The molecule has 2 heterocycles. The number of hydrogen-bond acceptors (Lipinski definition) is 3. The van der Waals surface area contributed by atoms with Crippen molar-refractivity contribution >= 4 is 11.7 Å². The van der Waals surface area contributed by atoms with Crippen molar-refractivity contribution in [2.45, 2.75) is 46.1 Å². The maximum Gasteiger partial charge on any atom is 0.245 e. The van der Waals surface area contributed by atoms with E-state index >= 15 is 0 Å². The summed E-state index contributed by atoms with van der Waals surface area (Å²) < 4.78 is 1.80. The number of aryl methyl sites for hydroxylation is 2. The summed E-state index contributed by atoms with van der Waals surface area (Å²) in [5.74, 6) is 2.33. The van der Waals surface area contributed by atoms with Crippen LogP contribution in [0.5, 0.6) is 0 Å². The van der Waals surface area contributed by atoms with Crippen LogP contribution in [0.1, 0.15) is 38.8 Å². The second-order valence-electron chi connectivity index (χ2n) is 7.12. The maximum absolute atomic E-state index is 12.7. The maximum atomic E-state index is 12.7. The quantitative estimate of drug-likeness (QED) is 0.868. The van der Waals surface area contributed by atoms with Crippen molar-refractivity contribution in [3.8, 4) is 0 Å². The average Bonchev–Trinajstić information content (AvgIpc) is 3.01. The number of nitrogens with zero attached hydrogens (tertiary/aromatic N) is 3. The SMILES string of the molecule is CC1=CCCC(C)C1CNC1CCN(c2cc(C)nn2C)C1=O. The summed E-state index contributed by atoms with van der Waals surface area (Å²) in [6.45, 7) is 8.18. The molecule has 3 unspecified atom stereocenters. The highest BCUT2D eigenvalue weighted by molar-refractivity contribution is 5.98. The fraction of sp³-hybridized carbons (Fsp3) is 0.667. The second kappa shape index (κ2) is 6.48. The minimum atomic E-state index is -0.0628. The van der Waals surface area contributed by atoms with E-state index in [9.17, 15) is 4.79 Å². The van der Waals surface area contributed by atoms with Gasteiger partial charge in [-0.05, 0) is 44.9 Å². The standard InChI is InChI=1S/C18H28N4O/c1-12-6-5-7-13(2)15(12)11-19-16-8-9-22(18(16)23)17-10-14(3)20-21(17)4/h6,10,13,15-16,19H,5,7-9,11H2,1-4H3. The molecular formula is C18H28N4O. The molecule has 1 aliphatic heterocycles. The van der Waals surface area contributed by atoms with Crippen molar-refractivity contribution < 1.29 is 4.79 Å². The smallest absolute Gasteiger partial charge is 0.245 e. The summed E-state index contributed by atoms with van der Waals surface area (Å²) in [6, 6.07) is 1.92. The summed E-state index contributed by atoms with van der Waals surface area (Å²) in [5.41, 5.74) is 2.42. The van der Waals surface area contributed by atoms with Gasteiger partial charge in [0.1, 0.15) is 5.82 Å². The van der Waals surface area contributed by atoms with Gasteiger partial charge in [0.15, 0.2) is 0 Å². The number of amides is 1. The third kappa shape index (κ3) is 3.20. The van der Waals surface area contributed by atoms with Crippen molar-refractivity contribution in [2.75, 3.05) is 18.0 Å². The van der Waals surface area contributed by atoms with E-state index in [0.29, 0.717) is 11.8 Å². The third-order valence-corrected chi connectivity index (χ3v) is 5.40. The first kappa shape index (κ1) is 16.2. The molecule has 1 aliphatic carbocycles. The molecule has 1 N–H and O–H groups in total. The Morgan fingerprint density at radius 2 is 2.13 bits per heavy atom. The topological polar surface area (TPSA) is 50.2 Å². The monoisotopic (exact) mass is 316 g/mol. The fourth-order valence-electron chi connectivity index (χ4n) is 3.95. The van der Waals surface area contributed by atoms with Crippen LogP contribution in [-0.4, -0.2) is 34.8 Å². The summed E-state index contributed by atoms with van der Waals surface area (Å²) in [5, 5.41) is 7.88. The van der Waals surface area contributed by atoms with E-state index < -0.39 is 0 Å². The zero-order chi connectivity index (χ0) is 16.6. The summed E-state index contributed by atoms with van der Waals surface area (Å²) >= 11 is 0. The lowest BCUT2D eigenvalue weighted by molar-refractivity contribution is -0.118. The number of nitrogens with one attached hydrogen (secondary N) is 1. The van der Waals surface area contributed by atoms with Crippen molar-refractivity contribution in [1.29, 1.82) is 0 Å².